The zero-order chi connectivity index (χ0) is 32.4. The van der Waals surface area contributed by atoms with E-state index in [0.717, 1.165) is 71.8 Å². The van der Waals surface area contributed by atoms with Crippen LogP contribution in [0.15, 0.2) is 153 Å². The van der Waals surface area contributed by atoms with Crippen LogP contribution in [-0.2, 0) is 0 Å². The van der Waals surface area contributed by atoms with E-state index in [4.69, 9.17) is 8.83 Å². The Morgan fingerprint density at radius 2 is 0.848 bits per heavy atom. The van der Waals surface area contributed by atoms with Crippen LogP contribution < -0.4 is 5.46 Å². The van der Waals surface area contributed by atoms with Gasteiger partial charge in [-0.3, -0.25) is 0 Å². The number of halogens is 5. The number of hydrogen-bond acceptors (Lipinski definition) is 4. The molecule has 0 amide bonds. The molecule has 0 spiro atoms. The molecule has 0 bridgehead atoms. The molecule has 4 nitrogen and oxygen atoms in total. The van der Waals surface area contributed by atoms with Crippen molar-refractivity contribution >= 4 is 136 Å². The molecule has 0 fully saturated rings. The summed E-state index contributed by atoms with van der Waals surface area (Å²) in [6, 6.07) is 39.6. The Bertz CT molecular complexity index is 2260. The van der Waals surface area contributed by atoms with Gasteiger partial charge >= 0.3 is 7.12 Å². The van der Waals surface area contributed by atoms with E-state index in [1.54, 1.807) is 12.1 Å². The Balaban J connectivity index is 0.000000131. The number of fused-ring (bicyclic) bond motifs is 6. The average Bonchev–Trinajstić information content (AvgIpc) is 3.59. The summed E-state index contributed by atoms with van der Waals surface area (Å²) in [5, 5.41) is 22.7. The molecule has 6 aromatic carbocycles. The smallest absolute Gasteiger partial charge is 0.456 e. The minimum atomic E-state index is -1.51. The van der Waals surface area contributed by atoms with Gasteiger partial charge in [-0.05, 0) is 54.1 Å². The molecule has 0 unspecified atom stereocenters. The van der Waals surface area contributed by atoms with Crippen molar-refractivity contribution < 1.29 is 18.9 Å². The van der Waals surface area contributed by atoms with Crippen LogP contribution in [0, 0.1) is 0 Å². The summed E-state index contributed by atoms with van der Waals surface area (Å²) >= 11 is 17.2. The number of furan rings is 2. The highest BCUT2D eigenvalue weighted by molar-refractivity contribution is 9.11. The van der Waals surface area contributed by atoms with Crippen molar-refractivity contribution in [3.05, 3.63) is 144 Å². The normalized spacial score (nSPS) is 10.9. The maximum absolute atomic E-state index is 9.24. The highest BCUT2D eigenvalue weighted by Crippen LogP contribution is 2.37. The van der Waals surface area contributed by atoms with Crippen LogP contribution in [0.25, 0.3) is 55.0 Å². The zero-order valence-electron chi connectivity index (χ0n) is 23.7. The van der Waals surface area contributed by atoms with Gasteiger partial charge in [-0.25, -0.2) is 0 Å². The molecule has 0 radical (unpaired) electrons. The van der Waals surface area contributed by atoms with Gasteiger partial charge in [0.05, 0.1) is 0 Å². The van der Waals surface area contributed by atoms with Crippen molar-refractivity contribution in [2.45, 2.75) is 0 Å². The molecule has 8 aromatic rings. The van der Waals surface area contributed by atoms with E-state index in [1.807, 2.05) is 72.8 Å². The van der Waals surface area contributed by atoms with Crippen molar-refractivity contribution in [3.8, 4) is 11.1 Å². The Morgan fingerprint density at radius 3 is 1.37 bits per heavy atom. The number of para-hydroxylation sites is 4. The Morgan fingerprint density at radius 1 is 0.435 bits per heavy atom. The second-order valence-corrected chi connectivity index (χ2v) is 14.8. The van der Waals surface area contributed by atoms with E-state index in [9.17, 15) is 10.0 Å². The molecule has 0 aliphatic heterocycles. The third-order valence-electron chi connectivity index (χ3n) is 7.12. The van der Waals surface area contributed by atoms with Crippen molar-refractivity contribution in [3.63, 3.8) is 0 Å². The van der Waals surface area contributed by atoms with Gasteiger partial charge < -0.3 is 18.9 Å². The van der Waals surface area contributed by atoms with Crippen molar-refractivity contribution in [2.24, 2.45) is 0 Å². The largest absolute Gasteiger partial charge is 0.492 e. The third kappa shape index (κ3) is 7.39. The first-order valence-corrected chi connectivity index (χ1v) is 17.9. The first-order chi connectivity index (χ1) is 22.2. The van der Waals surface area contributed by atoms with Gasteiger partial charge in [0.1, 0.15) is 22.3 Å². The summed E-state index contributed by atoms with van der Waals surface area (Å²) in [5.74, 6) is 0. The molecule has 8 rings (SSSR count). The van der Waals surface area contributed by atoms with Crippen molar-refractivity contribution in [1.29, 1.82) is 0 Å². The van der Waals surface area contributed by atoms with Crippen molar-refractivity contribution in [2.75, 3.05) is 0 Å². The van der Waals surface area contributed by atoms with Crippen LogP contribution in [-0.4, -0.2) is 17.2 Å². The summed E-state index contributed by atoms with van der Waals surface area (Å²) in [4.78, 5) is 0. The van der Waals surface area contributed by atoms with E-state index in [1.165, 1.54) is 0 Å². The average molecular weight is 929 g/mol. The molecule has 0 saturated heterocycles. The number of hydrogen-bond donors (Lipinski definition) is 2. The molecule has 46 heavy (non-hydrogen) atoms. The summed E-state index contributed by atoms with van der Waals surface area (Å²) in [5.41, 5.74) is 5.78. The first kappa shape index (κ1) is 33.2. The van der Waals surface area contributed by atoms with Gasteiger partial charge in [-0.15, -0.1) is 0 Å². The van der Waals surface area contributed by atoms with E-state index >= 15 is 0 Å². The predicted molar refractivity (Wildman–Crippen MR) is 208 cm³/mol. The molecule has 228 valence electrons. The zero-order valence-corrected chi connectivity index (χ0v) is 31.7. The maximum Gasteiger partial charge on any atom is 0.492 e. The molecular weight excluding hydrogens is 907 g/mol. The molecule has 2 aromatic heterocycles. The molecule has 0 aliphatic rings. The van der Waals surface area contributed by atoms with Gasteiger partial charge in [0.25, 0.3) is 0 Å². The third-order valence-corrected chi connectivity index (χ3v) is 9.41. The van der Waals surface area contributed by atoms with Crippen LogP contribution in [0.5, 0.6) is 0 Å². The lowest BCUT2D eigenvalue weighted by Crippen LogP contribution is -2.29. The van der Waals surface area contributed by atoms with Crippen LogP contribution >= 0.6 is 79.6 Å². The lowest BCUT2D eigenvalue weighted by Gasteiger charge is -2.04. The van der Waals surface area contributed by atoms with Crippen LogP contribution in [0.4, 0.5) is 0 Å². The van der Waals surface area contributed by atoms with Crippen LogP contribution in [0.1, 0.15) is 0 Å². The Kier molecular flexibility index (Phi) is 10.5. The monoisotopic (exact) mass is 924 g/mol. The van der Waals surface area contributed by atoms with Gasteiger partial charge in [0, 0.05) is 54.9 Å². The number of benzene rings is 6. The first-order valence-electron chi connectivity index (χ1n) is 13.9. The summed E-state index contributed by atoms with van der Waals surface area (Å²) in [6.07, 6.45) is 0. The quantitative estimate of drug-likeness (QED) is 0.170. The van der Waals surface area contributed by atoms with E-state index < -0.39 is 7.12 Å². The molecular formula is C36H22BBr5O4. The fourth-order valence-electron chi connectivity index (χ4n) is 5.18. The lowest BCUT2D eigenvalue weighted by molar-refractivity contribution is 0.425. The second kappa shape index (κ2) is 14.6. The Hall–Kier alpha value is -2.70. The molecule has 2 N–H and O–H groups in total. The molecule has 2 heterocycles. The Labute approximate surface area is 307 Å². The van der Waals surface area contributed by atoms with E-state index in [0.29, 0.717) is 11.0 Å². The van der Waals surface area contributed by atoms with Crippen LogP contribution in [0.2, 0.25) is 0 Å². The minimum absolute atomic E-state index is 0.397. The minimum Gasteiger partial charge on any atom is -0.456 e. The summed E-state index contributed by atoms with van der Waals surface area (Å²) < 4.78 is 17.0. The predicted octanol–water partition coefficient (Wildman–Crippen LogP) is 12.0. The van der Waals surface area contributed by atoms with E-state index in [-0.39, 0.29) is 0 Å². The SMILES string of the molecule is Brc1cc(Br)cc(-c2cccc3c2oc2ccccc23)c1.Brc1cc(Br)cc(Br)c1.OB(O)c1cccc2c1oc1ccccc12. The highest BCUT2D eigenvalue weighted by Gasteiger charge is 2.18. The van der Waals surface area contributed by atoms with Gasteiger partial charge in [-0.1, -0.05) is 152 Å². The van der Waals surface area contributed by atoms with Crippen molar-refractivity contribution in [1.82, 2.24) is 0 Å². The fourth-order valence-corrected chi connectivity index (χ4v) is 8.87. The number of rotatable bonds is 2. The fraction of sp³-hybridized carbons (Fsp3) is 0. The molecule has 0 atom stereocenters. The summed E-state index contributed by atoms with van der Waals surface area (Å²) in [6.45, 7) is 0. The molecule has 0 aliphatic carbocycles. The highest BCUT2D eigenvalue weighted by atomic mass is 79.9. The van der Waals surface area contributed by atoms with Crippen LogP contribution in [0.3, 0.4) is 0 Å². The van der Waals surface area contributed by atoms with Gasteiger partial charge in [0.15, 0.2) is 0 Å². The lowest BCUT2D eigenvalue weighted by atomic mass is 9.79. The van der Waals surface area contributed by atoms with Gasteiger partial charge in [-0.2, -0.15) is 0 Å². The molecule has 10 heteroatoms. The van der Waals surface area contributed by atoms with Gasteiger partial charge in [0.2, 0.25) is 0 Å². The van der Waals surface area contributed by atoms with E-state index in [2.05, 4.69) is 116 Å². The topological polar surface area (TPSA) is 66.7 Å². The summed E-state index contributed by atoms with van der Waals surface area (Å²) in [7, 11) is -1.51. The standard InChI is InChI=1S/C18H10Br2O.C12H9BO3.C6H3Br3/c19-12-8-11(9-13(20)10-12)14-5-3-6-16-15-4-1-2-7-17(15)21-18(14)16;14-13(15)10-6-3-5-9-8-4-1-2-7-11(8)16-12(9)10;7-4-1-5(8)3-6(9)2-4/h1-10H;1-7,14-15H;1-3H. The maximum atomic E-state index is 9.24. The molecule has 0 saturated carbocycles. The second-order valence-electron chi connectivity index (χ2n) is 10.2.